The van der Waals surface area contributed by atoms with Gasteiger partial charge in [0.05, 0.1) is 5.69 Å². The van der Waals surface area contributed by atoms with Crippen LogP contribution in [0.4, 0.5) is 10.1 Å². The van der Waals surface area contributed by atoms with Gasteiger partial charge < -0.3 is 5.73 Å². The van der Waals surface area contributed by atoms with Gasteiger partial charge in [0.25, 0.3) is 0 Å². The molecule has 1 aromatic carbocycles. The molecule has 0 radical (unpaired) electrons. The smallest absolute Gasteiger partial charge is 0.167 e. The number of hydrogen-bond acceptors (Lipinski definition) is 3. The van der Waals surface area contributed by atoms with Gasteiger partial charge >= 0.3 is 0 Å². The van der Waals surface area contributed by atoms with Crippen LogP contribution in [0.25, 0.3) is 0 Å². The SMILES string of the molecule is Nc1cc(CC(=O)c2ccncc2)ccc1F. The van der Waals surface area contributed by atoms with Crippen LogP contribution in [0.2, 0.25) is 0 Å². The lowest BCUT2D eigenvalue weighted by atomic mass is 10.0. The molecule has 0 bridgehead atoms. The lowest BCUT2D eigenvalue weighted by Crippen LogP contribution is -2.04. The van der Waals surface area contributed by atoms with Crippen molar-refractivity contribution in [1.82, 2.24) is 4.98 Å². The second kappa shape index (κ2) is 4.74. The molecule has 0 fully saturated rings. The predicted molar refractivity (Wildman–Crippen MR) is 63.1 cm³/mol. The van der Waals surface area contributed by atoms with Gasteiger partial charge in [-0.25, -0.2) is 4.39 Å². The number of ketones is 1. The fraction of sp³-hybridized carbons (Fsp3) is 0.0769. The molecular weight excluding hydrogens is 219 g/mol. The van der Waals surface area contributed by atoms with E-state index in [0.717, 1.165) is 0 Å². The largest absolute Gasteiger partial charge is 0.396 e. The fourth-order valence-electron chi connectivity index (χ4n) is 1.53. The molecule has 0 spiro atoms. The summed E-state index contributed by atoms with van der Waals surface area (Å²) >= 11 is 0. The van der Waals surface area contributed by atoms with Crippen molar-refractivity contribution < 1.29 is 9.18 Å². The molecule has 2 aromatic rings. The lowest BCUT2D eigenvalue weighted by Gasteiger charge is -2.03. The third kappa shape index (κ3) is 2.66. The minimum Gasteiger partial charge on any atom is -0.396 e. The highest BCUT2D eigenvalue weighted by Crippen LogP contribution is 2.14. The Morgan fingerprint density at radius 3 is 2.59 bits per heavy atom. The van der Waals surface area contributed by atoms with Gasteiger partial charge in [-0.05, 0) is 29.8 Å². The first-order chi connectivity index (χ1) is 8.16. The highest BCUT2D eigenvalue weighted by atomic mass is 19.1. The zero-order valence-corrected chi connectivity index (χ0v) is 9.06. The predicted octanol–water partition coefficient (Wildman–Crippen LogP) is 2.23. The van der Waals surface area contributed by atoms with Crippen LogP contribution >= 0.6 is 0 Å². The van der Waals surface area contributed by atoms with Crippen LogP contribution in [0.5, 0.6) is 0 Å². The van der Waals surface area contributed by atoms with Gasteiger partial charge in [0.15, 0.2) is 5.78 Å². The number of hydrogen-bond donors (Lipinski definition) is 1. The van der Waals surface area contributed by atoms with Crippen LogP contribution < -0.4 is 5.73 Å². The molecule has 4 heteroatoms. The van der Waals surface area contributed by atoms with Crippen LogP contribution in [-0.2, 0) is 6.42 Å². The highest BCUT2D eigenvalue weighted by Gasteiger charge is 2.08. The van der Waals surface area contributed by atoms with Gasteiger partial charge in [-0.3, -0.25) is 9.78 Å². The number of halogens is 1. The molecule has 0 unspecified atom stereocenters. The van der Waals surface area contributed by atoms with Crippen LogP contribution in [0.3, 0.4) is 0 Å². The number of carbonyl (C=O) groups is 1. The van der Waals surface area contributed by atoms with E-state index in [0.29, 0.717) is 11.1 Å². The maximum atomic E-state index is 12.9. The normalized spacial score (nSPS) is 10.2. The first kappa shape index (κ1) is 11.3. The molecule has 0 saturated carbocycles. The second-order valence-corrected chi connectivity index (χ2v) is 3.69. The van der Waals surface area contributed by atoms with Crippen molar-refractivity contribution in [2.45, 2.75) is 6.42 Å². The van der Waals surface area contributed by atoms with Crippen LogP contribution in [-0.4, -0.2) is 10.8 Å². The van der Waals surface area contributed by atoms with Crippen molar-refractivity contribution in [3.05, 3.63) is 59.7 Å². The monoisotopic (exact) mass is 230 g/mol. The molecule has 2 rings (SSSR count). The summed E-state index contributed by atoms with van der Waals surface area (Å²) < 4.78 is 12.9. The van der Waals surface area contributed by atoms with E-state index >= 15 is 0 Å². The van der Waals surface area contributed by atoms with E-state index in [1.165, 1.54) is 12.1 Å². The van der Waals surface area contributed by atoms with Gasteiger partial charge in [0.2, 0.25) is 0 Å². The molecule has 1 aromatic heterocycles. The summed E-state index contributed by atoms with van der Waals surface area (Å²) in [6.45, 7) is 0. The molecule has 0 atom stereocenters. The maximum absolute atomic E-state index is 12.9. The van der Waals surface area contributed by atoms with Crippen molar-refractivity contribution >= 4 is 11.5 Å². The first-order valence-corrected chi connectivity index (χ1v) is 5.14. The zero-order chi connectivity index (χ0) is 12.3. The Labute approximate surface area is 98.1 Å². The Hall–Kier alpha value is -2.23. The third-order valence-corrected chi connectivity index (χ3v) is 2.43. The van der Waals surface area contributed by atoms with E-state index < -0.39 is 5.82 Å². The summed E-state index contributed by atoms with van der Waals surface area (Å²) in [5.74, 6) is -0.511. The molecular formula is C13H11FN2O. The number of anilines is 1. The quantitative estimate of drug-likeness (QED) is 0.649. The Balaban J connectivity index is 2.16. The average Bonchev–Trinajstić information content (AvgIpc) is 2.35. The first-order valence-electron chi connectivity index (χ1n) is 5.14. The number of nitrogens with two attached hydrogens (primary N) is 1. The number of benzene rings is 1. The van der Waals surface area contributed by atoms with Gasteiger partial charge in [-0.15, -0.1) is 0 Å². The van der Waals surface area contributed by atoms with Crippen LogP contribution in [0.1, 0.15) is 15.9 Å². The molecule has 3 nitrogen and oxygen atoms in total. The van der Waals surface area contributed by atoms with E-state index in [1.54, 1.807) is 30.6 Å². The number of rotatable bonds is 3. The molecule has 2 N–H and O–H groups in total. The van der Waals surface area contributed by atoms with Crippen LogP contribution in [0, 0.1) is 5.82 Å². The number of pyridine rings is 1. The number of nitrogen functional groups attached to an aromatic ring is 1. The summed E-state index contributed by atoms with van der Waals surface area (Å²) in [7, 11) is 0. The molecule has 86 valence electrons. The minimum atomic E-state index is -0.467. The molecule has 0 aliphatic rings. The molecule has 0 aliphatic heterocycles. The Kier molecular flexibility index (Phi) is 3.14. The molecule has 0 aliphatic carbocycles. The van der Waals surface area contributed by atoms with Crippen molar-refractivity contribution in [1.29, 1.82) is 0 Å². The van der Waals surface area contributed by atoms with Crippen molar-refractivity contribution in [3.63, 3.8) is 0 Å². The molecule has 17 heavy (non-hydrogen) atoms. The number of Topliss-reactive ketones (excluding diaryl/α,β-unsaturated/α-hetero) is 1. The fourth-order valence-corrected chi connectivity index (χ4v) is 1.53. The Bertz CT molecular complexity index is 540. The van der Waals surface area contributed by atoms with E-state index in [2.05, 4.69) is 4.98 Å². The van der Waals surface area contributed by atoms with Crippen molar-refractivity contribution in [2.24, 2.45) is 0 Å². The molecule has 0 amide bonds. The standard InChI is InChI=1S/C13H11FN2O/c14-11-2-1-9(7-12(11)15)8-13(17)10-3-5-16-6-4-10/h1-7H,8,15H2. The topological polar surface area (TPSA) is 56.0 Å². The van der Waals surface area contributed by atoms with Crippen molar-refractivity contribution in [2.75, 3.05) is 5.73 Å². The van der Waals surface area contributed by atoms with Gasteiger partial charge in [0, 0.05) is 24.4 Å². The Morgan fingerprint density at radius 2 is 1.94 bits per heavy atom. The third-order valence-electron chi connectivity index (χ3n) is 2.43. The summed E-state index contributed by atoms with van der Waals surface area (Å²) in [5.41, 5.74) is 6.78. The summed E-state index contributed by atoms with van der Waals surface area (Å²) in [6.07, 6.45) is 3.33. The van der Waals surface area contributed by atoms with E-state index in [1.807, 2.05) is 0 Å². The number of carbonyl (C=O) groups excluding carboxylic acids is 1. The summed E-state index contributed by atoms with van der Waals surface area (Å²) in [5, 5.41) is 0. The summed E-state index contributed by atoms with van der Waals surface area (Å²) in [4.78, 5) is 15.7. The number of aromatic nitrogens is 1. The van der Waals surface area contributed by atoms with E-state index in [-0.39, 0.29) is 17.9 Å². The van der Waals surface area contributed by atoms with E-state index in [4.69, 9.17) is 5.73 Å². The van der Waals surface area contributed by atoms with Crippen LogP contribution in [0.15, 0.2) is 42.7 Å². The van der Waals surface area contributed by atoms with Gasteiger partial charge in [0.1, 0.15) is 5.82 Å². The zero-order valence-electron chi connectivity index (χ0n) is 9.06. The minimum absolute atomic E-state index is 0.0431. The average molecular weight is 230 g/mol. The maximum Gasteiger partial charge on any atom is 0.167 e. The Morgan fingerprint density at radius 1 is 1.24 bits per heavy atom. The number of nitrogens with zero attached hydrogens (tertiary/aromatic N) is 1. The highest BCUT2D eigenvalue weighted by molar-refractivity contribution is 5.97. The second-order valence-electron chi connectivity index (χ2n) is 3.69. The van der Waals surface area contributed by atoms with E-state index in [9.17, 15) is 9.18 Å². The summed E-state index contributed by atoms with van der Waals surface area (Å²) in [6, 6.07) is 7.61. The lowest BCUT2D eigenvalue weighted by molar-refractivity contribution is 0.0993. The molecule has 1 heterocycles. The van der Waals surface area contributed by atoms with Gasteiger partial charge in [-0.2, -0.15) is 0 Å². The molecule has 0 saturated heterocycles. The van der Waals surface area contributed by atoms with Crippen molar-refractivity contribution in [3.8, 4) is 0 Å². The van der Waals surface area contributed by atoms with Gasteiger partial charge in [-0.1, -0.05) is 6.07 Å².